The fourth-order valence-corrected chi connectivity index (χ4v) is 3.98. The van der Waals surface area contributed by atoms with Crippen molar-refractivity contribution in [1.29, 1.82) is 0 Å². The van der Waals surface area contributed by atoms with Gasteiger partial charge in [-0.15, -0.1) is 0 Å². The molecular formula is C23H28N6O2. The van der Waals surface area contributed by atoms with Gasteiger partial charge in [0.1, 0.15) is 0 Å². The van der Waals surface area contributed by atoms with Gasteiger partial charge in [0.15, 0.2) is 11.2 Å². The molecule has 0 radical (unpaired) electrons. The third-order valence-electron chi connectivity index (χ3n) is 5.43. The lowest BCUT2D eigenvalue weighted by molar-refractivity contribution is 0.483. The number of hydrogen-bond donors (Lipinski definition) is 0. The normalized spacial score (nSPS) is 11.7. The molecule has 4 aromatic rings. The lowest BCUT2D eigenvalue weighted by Gasteiger charge is -2.12. The van der Waals surface area contributed by atoms with E-state index in [0.717, 1.165) is 23.4 Å². The summed E-state index contributed by atoms with van der Waals surface area (Å²) in [7, 11) is 1.67. The first-order valence-corrected chi connectivity index (χ1v) is 10.6. The zero-order chi connectivity index (χ0) is 22.3. The molecule has 0 unspecified atom stereocenters. The highest BCUT2D eigenvalue weighted by molar-refractivity contribution is 5.72. The number of benzene rings is 1. The maximum absolute atomic E-state index is 13.5. The second-order valence-corrected chi connectivity index (χ2v) is 8.46. The molecule has 31 heavy (non-hydrogen) atoms. The average molecular weight is 421 g/mol. The van der Waals surface area contributed by atoms with Crippen LogP contribution in [0.5, 0.6) is 0 Å². The molecule has 0 saturated carbocycles. The van der Waals surface area contributed by atoms with Crippen molar-refractivity contribution in [3.63, 3.8) is 0 Å². The fourth-order valence-electron chi connectivity index (χ4n) is 3.98. The molecule has 0 atom stereocenters. The Morgan fingerprint density at radius 3 is 2.35 bits per heavy atom. The monoisotopic (exact) mass is 420 g/mol. The Kier molecular flexibility index (Phi) is 5.39. The van der Waals surface area contributed by atoms with E-state index in [9.17, 15) is 9.59 Å². The van der Waals surface area contributed by atoms with E-state index >= 15 is 0 Å². The second-order valence-electron chi connectivity index (χ2n) is 8.46. The van der Waals surface area contributed by atoms with Crippen LogP contribution in [-0.4, -0.2) is 28.5 Å². The summed E-state index contributed by atoms with van der Waals surface area (Å²) in [4.78, 5) is 31.1. The molecule has 0 amide bonds. The Morgan fingerprint density at radius 2 is 1.74 bits per heavy atom. The quantitative estimate of drug-likeness (QED) is 0.480. The van der Waals surface area contributed by atoms with E-state index in [-0.39, 0.29) is 17.2 Å². The first-order chi connectivity index (χ1) is 14.8. The molecule has 8 nitrogen and oxygen atoms in total. The summed E-state index contributed by atoms with van der Waals surface area (Å²) < 4.78 is 6.43. The van der Waals surface area contributed by atoms with Crippen LogP contribution in [0.4, 0.5) is 0 Å². The summed E-state index contributed by atoms with van der Waals surface area (Å²) in [6, 6.07) is 12.1. The van der Waals surface area contributed by atoms with Gasteiger partial charge in [-0.3, -0.25) is 13.9 Å². The summed E-state index contributed by atoms with van der Waals surface area (Å²) in [5.74, 6) is 0.713. The van der Waals surface area contributed by atoms with Gasteiger partial charge in [0, 0.05) is 25.8 Å². The van der Waals surface area contributed by atoms with Gasteiger partial charge >= 0.3 is 5.69 Å². The maximum Gasteiger partial charge on any atom is 0.332 e. The van der Waals surface area contributed by atoms with Crippen LogP contribution in [0.1, 0.15) is 30.8 Å². The molecule has 0 aliphatic carbocycles. The molecule has 0 saturated heterocycles. The smallest absolute Gasteiger partial charge is 0.302 e. The predicted molar refractivity (Wildman–Crippen MR) is 121 cm³/mol. The van der Waals surface area contributed by atoms with Crippen molar-refractivity contribution in [3.05, 3.63) is 74.2 Å². The van der Waals surface area contributed by atoms with Gasteiger partial charge in [-0.2, -0.15) is 10.1 Å². The molecule has 3 heterocycles. The van der Waals surface area contributed by atoms with Crippen LogP contribution in [0.25, 0.3) is 17.1 Å². The molecule has 0 N–H and O–H groups in total. The molecule has 4 rings (SSSR count). The first-order valence-electron chi connectivity index (χ1n) is 10.6. The number of fused-ring (bicyclic) bond motifs is 1. The molecular weight excluding hydrogens is 392 g/mol. The molecule has 1 aromatic carbocycles. The third kappa shape index (κ3) is 3.73. The van der Waals surface area contributed by atoms with Gasteiger partial charge in [-0.05, 0) is 37.8 Å². The zero-order valence-electron chi connectivity index (χ0n) is 18.7. The minimum Gasteiger partial charge on any atom is -0.302 e. The number of aromatic nitrogens is 6. The second kappa shape index (κ2) is 8.02. The Bertz CT molecular complexity index is 1350. The van der Waals surface area contributed by atoms with E-state index in [0.29, 0.717) is 30.2 Å². The highest BCUT2D eigenvalue weighted by Crippen LogP contribution is 2.18. The summed E-state index contributed by atoms with van der Waals surface area (Å²) in [5, 5.41) is 4.58. The Labute approximate surface area is 180 Å². The number of hydrogen-bond acceptors (Lipinski definition) is 4. The van der Waals surface area contributed by atoms with Gasteiger partial charge in [0.25, 0.3) is 5.56 Å². The predicted octanol–water partition coefficient (Wildman–Crippen LogP) is 2.60. The van der Waals surface area contributed by atoms with Crippen molar-refractivity contribution in [1.82, 2.24) is 28.5 Å². The maximum atomic E-state index is 13.5. The van der Waals surface area contributed by atoms with E-state index in [2.05, 4.69) is 17.2 Å². The van der Waals surface area contributed by atoms with Crippen molar-refractivity contribution in [2.75, 3.05) is 0 Å². The van der Waals surface area contributed by atoms with E-state index < -0.39 is 0 Å². The van der Waals surface area contributed by atoms with Crippen LogP contribution in [0, 0.1) is 19.8 Å². The molecule has 162 valence electrons. The number of aryl methyl sites for hydroxylation is 5. The van der Waals surface area contributed by atoms with E-state index in [4.69, 9.17) is 4.98 Å². The van der Waals surface area contributed by atoms with E-state index in [1.807, 2.05) is 56.5 Å². The van der Waals surface area contributed by atoms with Crippen LogP contribution in [0.2, 0.25) is 0 Å². The van der Waals surface area contributed by atoms with Crippen molar-refractivity contribution < 1.29 is 0 Å². The summed E-state index contributed by atoms with van der Waals surface area (Å²) in [6.07, 6.45) is 0.727. The highest BCUT2D eigenvalue weighted by atomic mass is 16.2. The molecule has 0 bridgehead atoms. The van der Waals surface area contributed by atoms with Gasteiger partial charge in [-0.25, -0.2) is 9.48 Å². The summed E-state index contributed by atoms with van der Waals surface area (Å²) >= 11 is 0. The Balaban J connectivity index is 1.98. The molecule has 0 aliphatic rings. The highest BCUT2D eigenvalue weighted by Gasteiger charge is 2.22. The Morgan fingerprint density at radius 1 is 1.03 bits per heavy atom. The number of rotatable bonds is 6. The zero-order valence-corrected chi connectivity index (χ0v) is 18.7. The average Bonchev–Trinajstić information content (AvgIpc) is 3.27. The van der Waals surface area contributed by atoms with Gasteiger partial charge in [0.05, 0.1) is 5.69 Å². The van der Waals surface area contributed by atoms with Crippen molar-refractivity contribution in [2.24, 2.45) is 13.0 Å². The van der Waals surface area contributed by atoms with Crippen molar-refractivity contribution in [3.8, 4) is 5.95 Å². The van der Waals surface area contributed by atoms with Gasteiger partial charge in [0.2, 0.25) is 5.95 Å². The minimum absolute atomic E-state index is 0.166. The van der Waals surface area contributed by atoms with Gasteiger partial charge in [-0.1, -0.05) is 44.2 Å². The van der Waals surface area contributed by atoms with Gasteiger partial charge < -0.3 is 4.57 Å². The van der Waals surface area contributed by atoms with Crippen LogP contribution in [0.15, 0.2) is 46.0 Å². The fraction of sp³-hybridized carbons (Fsp3) is 0.391. The first kappa shape index (κ1) is 20.8. The van der Waals surface area contributed by atoms with Crippen LogP contribution in [-0.2, 0) is 26.6 Å². The topological polar surface area (TPSA) is 79.6 Å². The third-order valence-corrected chi connectivity index (χ3v) is 5.43. The number of nitrogens with zero attached hydrogens (tertiary/aromatic N) is 6. The molecule has 0 aliphatic heterocycles. The standard InChI is InChI=1S/C23H28N6O2/c1-15(2)14-28-21(30)19-20(26(5)23(28)31)24-22(29-17(4)13-16(3)25-29)27(19)12-11-18-9-7-6-8-10-18/h6-10,13,15H,11-12,14H2,1-5H3. The molecule has 3 aromatic heterocycles. The summed E-state index contributed by atoms with van der Waals surface area (Å²) in [6.45, 7) is 8.76. The Hall–Kier alpha value is -3.42. The SMILES string of the molecule is Cc1cc(C)n(-c2nc3c(c(=O)n(CC(C)C)c(=O)n3C)n2CCc2ccccc2)n1. The minimum atomic E-state index is -0.348. The lowest BCUT2D eigenvalue weighted by atomic mass is 10.1. The van der Waals surface area contributed by atoms with Crippen molar-refractivity contribution in [2.45, 2.75) is 47.2 Å². The van der Waals surface area contributed by atoms with E-state index in [1.54, 1.807) is 11.7 Å². The van der Waals surface area contributed by atoms with Crippen LogP contribution in [0.3, 0.4) is 0 Å². The summed E-state index contributed by atoms with van der Waals surface area (Å²) in [5.41, 5.74) is 3.10. The molecule has 0 spiro atoms. The van der Waals surface area contributed by atoms with Crippen molar-refractivity contribution >= 4 is 11.2 Å². The number of imidazole rings is 1. The van der Waals surface area contributed by atoms with Crippen LogP contribution >= 0.6 is 0 Å². The van der Waals surface area contributed by atoms with Crippen LogP contribution < -0.4 is 11.2 Å². The van der Waals surface area contributed by atoms with E-state index in [1.165, 1.54) is 9.13 Å². The largest absolute Gasteiger partial charge is 0.332 e. The molecule has 0 fully saturated rings. The molecule has 8 heteroatoms. The lowest BCUT2D eigenvalue weighted by Crippen LogP contribution is -2.40.